The molecule has 0 aliphatic rings. The summed E-state index contributed by atoms with van der Waals surface area (Å²) in [5.74, 6) is -0.942. The SMILES string of the molecule is CC(Sc1ccc(Cl)cc1)C(=O)NCCCC(=O)O. The second kappa shape index (κ2) is 8.07. The topological polar surface area (TPSA) is 66.4 Å². The Morgan fingerprint density at radius 1 is 1.37 bits per heavy atom. The highest BCUT2D eigenvalue weighted by molar-refractivity contribution is 8.00. The number of carboxylic acid groups (broad SMARTS) is 1. The molecule has 1 aromatic carbocycles. The van der Waals surface area contributed by atoms with Gasteiger partial charge in [-0.25, -0.2) is 0 Å². The minimum atomic E-state index is -0.849. The Kier molecular flexibility index (Phi) is 6.73. The molecule has 0 aromatic heterocycles. The van der Waals surface area contributed by atoms with Crippen molar-refractivity contribution in [2.24, 2.45) is 0 Å². The van der Waals surface area contributed by atoms with Crippen LogP contribution in [0.1, 0.15) is 19.8 Å². The predicted octanol–water partition coefficient (Wildman–Crippen LogP) is 2.80. The molecule has 0 heterocycles. The van der Waals surface area contributed by atoms with Crippen LogP contribution in [0.15, 0.2) is 29.2 Å². The monoisotopic (exact) mass is 301 g/mol. The Bertz CT molecular complexity index is 436. The van der Waals surface area contributed by atoms with Crippen LogP contribution in [0.5, 0.6) is 0 Å². The molecule has 1 unspecified atom stereocenters. The van der Waals surface area contributed by atoms with E-state index in [9.17, 15) is 9.59 Å². The fourth-order valence-corrected chi connectivity index (χ4v) is 2.38. The van der Waals surface area contributed by atoms with Crippen LogP contribution < -0.4 is 5.32 Å². The molecule has 0 aliphatic heterocycles. The number of carbonyl (C=O) groups excluding carboxylic acids is 1. The van der Waals surface area contributed by atoms with Gasteiger partial charge in [0, 0.05) is 22.9 Å². The number of nitrogens with one attached hydrogen (secondary N) is 1. The molecule has 0 saturated carbocycles. The quantitative estimate of drug-likeness (QED) is 0.600. The summed E-state index contributed by atoms with van der Waals surface area (Å²) in [6.45, 7) is 2.20. The van der Waals surface area contributed by atoms with Gasteiger partial charge in [-0.05, 0) is 37.6 Å². The van der Waals surface area contributed by atoms with Crippen molar-refractivity contribution in [1.29, 1.82) is 0 Å². The molecule has 1 aromatic rings. The van der Waals surface area contributed by atoms with Crippen LogP contribution in [-0.2, 0) is 9.59 Å². The molecule has 2 N–H and O–H groups in total. The van der Waals surface area contributed by atoms with E-state index in [1.54, 1.807) is 12.1 Å². The lowest BCUT2D eigenvalue weighted by molar-refractivity contribution is -0.137. The highest BCUT2D eigenvalue weighted by atomic mass is 35.5. The number of rotatable bonds is 7. The predicted molar refractivity (Wildman–Crippen MR) is 76.7 cm³/mol. The summed E-state index contributed by atoms with van der Waals surface area (Å²) >= 11 is 7.22. The van der Waals surface area contributed by atoms with Crippen LogP contribution in [-0.4, -0.2) is 28.8 Å². The summed E-state index contributed by atoms with van der Waals surface area (Å²) in [6.07, 6.45) is 0.512. The van der Waals surface area contributed by atoms with Crippen molar-refractivity contribution < 1.29 is 14.7 Å². The Morgan fingerprint density at radius 2 is 2.00 bits per heavy atom. The van der Waals surface area contributed by atoms with Crippen molar-refractivity contribution in [2.45, 2.75) is 29.9 Å². The summed E-state index contributed by atoms with van der Waals surface area (Å²) < 4.78 is 0. The molecular weight excluding hydrogens is 286 g/mol. The van der Waals surface area contributed by atoms with Crippen molar-refractivity contribution in [2.75, 3.05) is 6.54 Å². The highest BCUT2D eigenvalue weighted by Crippen LogP contribution is 2.24. The molecule has 0 aliphatic carbocycles. The van der Waals surface area contributed by atoms with E-state index in [1.165, 1.54) is 11.8 Å². The van der Waals surface area contributed by atoms with Gasteiger partial charge < -0.3 is 10.4 Å². The first kappa shape index (κ1) is 15.9. The van der Waals surface area contributed by atoms with Gasteiger partial charge in [-0.1, -0.05) is 11.6 Å². The van der Waals surface area contributed by atoms with Crippen molar-refractivity contribution in [3.05, 3.63) is 29.3 Å². The summed E-state index contributed by atoms with van der Waals surface area (Å²) in [7, 11) is 0. The maximum absolute atomic E-state index is 11.8. The third-order valence-corrected chi connectivity index (χ3v) is 3.73. The largest absolute Gasteiger partial charge is 0.481 e. The average molecular weight is 302 g/mol. The molecule has 104 valence electrons. The molecular formula is C13H16ClNO3S. The third kappa shape index (κ3) is 6.50. The summed E-state index contributed by atoms with van der Waals surface area (Å²) in [5.41, 5.74) is 0. The minimum Gasteiger partial charge on any atom is -0.481 e. The Labute approximate surface area is 121 Å². The number of benzene rings is 1. The first-order valence-corrected chi connectivity index (χ1v) is 7.16. The number of amides is 1. The number of thioether (sulfide) groups is 1. The van der Waals surface area contributed by atoms with Crippen LogP contribution in [0.25, 0.3) is 0 Å². The van der Waals surface area contributed by atoms with Crippen LogP contribution in [0, 0.1) is 0 Å². The van der Waals surface area contributed by atoms with Crippen molar-refractivity contribution in [1.82, 2.24) is 5.32 Å². The van der Waals surface area contributed by atoms with Gasteiger partial charge in [0.25, 0.3) is 0 Å². The molecule has 0 bridgehead atoms. The van der Waals surface area contributed by atoms with Gasteiger partial charge in [0.05, 0.1) is 5.25 Å². The van der Waals surface area contributed by atoms with E-state index in [2.05, 4.69) is 5.32 Å². The smallest absolute Gasteiger partial charge is 0.303 e. The summed E-state index contributed by atoms with van der Waals surface area (Å²) in [5, 5.41) is 11.6. The second-order valence-corrected chi connectivity index (χ2v) is 5.85. The zero-order chi connectivity index (χ0) is 14.3. The van der Waals surface area contributed by atoms with E-state index >= 15 is 0 Å². The normalized spacial score (nSPS) is 11.9. The van der Waals surface area contributed by atoms with E-state index in [0.717, 1.165) is 4.90 Å². The number of carbonyl (C=O) groups is 2. The number of carboxylic acids is 1. The molecule has 0 fully saturated rings. The molecule has 1 atom stereocenters. The van der Waals surface area contributed by atoms with Crippen LogP contribution in [0.4, 0.5) is 0 Å². The third-order valence-electron chi connectivity index (χ3n) is 2.36. The molecule has 0 radical (unpaired) electrons. The zero-order valence-electron chi connectivity index (χ0n) is 10.6. The van der Waals surface area contributed by atoms with Gasteiger partial charge >= 0.3 is 5.97 Å². The van der Waals surface area contributed by atoms with Gasteiger partial charge in [-0.3, -0.25) is 9.59 Å². The number of halogens is 1. The Hall–Kier alpha value is -1.20. The lowest BCUT2D eigenvalue weighted by Crippen LogP contribution is -2.31. The molecule has 1 rings (SSSR count). The molecule has 19 heavy (non-hydrogen) atoms. The summed E-state index contributed by atoms with van der Waals surface area (Å²) in [4.78, 5) is 23.0. The van der Waals surface area contributed by atoms with Crippen molar-refractivity contribution >= 4 is 35.2 Å². The van der Waals surface area contributed by atoms with Crippen LogP contribution in [0.2, 0.25) is 5.02 Å². The van der Waals surface area contributed by atoms with Gasteiger partial charge in [0.1, 0.15) is 0 Å². The van der Waals surface area contributed by atoms with Crippen LogP contribution >= 0.6 is 23.4 Å². The number of hydrogen-bond acceptors (Lipinski definition) is 3. The zero-order valence-corrected chi connectivity index (χ0v) is 12.1. The van der Waals surface area contributed by atoms with Gasteiger partial charge in [0.15, 0.2) is 0 Å². The van der Waals surface area contributed by atoms with Crippen molar-refractivity contribution in [3.8, 4) is 0 Å². The first-order valence-electron chi connectivity index (χ1n) is 5.91. The number of hydrogen-bond donors (Lipinski definition) is 2. The van der Waals surface area contributed by atoms with Gasteiger partial charge in [-0.15, -0.1) is 11.8 Å². The van der Waals surface area contributed by atoms with Gasteiger partial charge in [-0.2, -0.15) is 0 Å². The molecule has 6 heteroatoms. The lowest BCUT2D eigenvalue weighted by Gasteiger charge is -2.11. The fraction of sp³-hybridized carbons (Fsp3) is 0.385. The van der Waals surface area contributed by atoms with Crippen molar-refractivity contribution in [3.63, 3.8) is 0 Å². The Balaban J connectivity index is 2.32. The van der Waals surface area contributed by atoms with E-state index in [0.29, 0.717) is 18.0 Å². The molecule has 4 nitrogen and oxygen atoms in total. The summed E-state index contributed by atoms with van der Waals surface area (Å²) in [6, 6.07) is 7.28. The van der Waals surface area contributed by atoms with E-state index in [-0.39, 0.29) is 17.6 Å². The minimum absolute atomic E-state index is 0.0684. The molecule has 0 spiro atoms. The maximum Gasteiger partial charge on any atom is 0.303 e. The molecule has 0 saturated heterocycles. The maximum atomic E-state index is 11.8. The second-order valence-electron chi connectivity index (χ2n) is 4.00. The van der Waals surface area contributed by atoms with E-state index < -0.39 is 5.97 Å². The standard InChI is InChI=1S/C13H16ClNO3S/c1-9(13(18)15-8-2-3-12(16)17)19-11-6-4-10(14)5-7-11/h4-7,9H,2-3,8H2,1H3,(H,15,18)(H,16,17). The van der Waals surface area contributed by atoms with E-state index in [4.69, 9.17) is 16.7 Å². The fourth-order valence-electron chi connectivity index (χ4n) is 1.37. The van der Waals surface area contributed by atoms with E-state index in [1.807, 2.05) is 19.1 Å². The Morgan fingerprint density at radius 3 is 2.58 bits per heavy atom. The highest BCUT2D eigenvalue weighted by Gasteiger charge is 2.13. The van der Waals surface area contributed by atoms with Crippen LogP contribution in [0.3, 0.4) is 0 Å². The lowest BCUT2D eigenvalue weighted by atomic mass is 10.3. The average Bonchev–Trinajstić information content (AvgIpc) is 2.36. The first-order chi connectivity index (χ1) is 8.99. The number of aliphatic carboxylic acids is 1. The van der Waals surface area contributed by atoms with Gasteiger partial charge in [0.2, 0.25) is 5.91 Å². The molecule has 1 amide bonds.